The maximum Gasteiger partial charge on any atom is 0.332 e. The van der Waals surface area contributed by atoms with Crippen LogP contribution in [-0.4, -0.2) is 12.6 Å². The van der Waals surface area contributed by atoms with Crippen molar-refractivity contribution in [3.63, 3.8) is 0 Å². The van der Waals surface area contributed by atoms with Crippen molar-refractivity contribution in [3.05, 3.63) is 7.66 Å². The van der Waals surface area contributed by atoms with Gasteiger partial charge in [0.25, 0.3) is 0 Å². The minimum atomic E-state index is -0.267. The molecule has 0 unspecified atom stereocenters. The van der Waals surface area contributed by atoms with Gasteiger partial charge in [0.05, 0.1) is 8.19 Å². The Morgan fingerprint density at radius 2 is 2.22 bits per heavy atom. The van der Waals surface area contributed by atoms with Crippen LogP contribution in [0, 0.1) is 0 Å². The van der Waals surface area contributed by atoms with Crippen LogP contribution in [0.4, 0.5) is 0 Å². The first-order chi connectivity index (χ1) is 4.16. The van der Waals surface area contributed by atoms with Crippen LogP contribution in [0.15, 0.2) is 7.66 Å². The van der Waals surface area contributed by atoms with Crippen molar-refractivity contribution in [1.29, 1.82) is 0 Å². The summed E-state index contributed by atoms with van der Waals surface area (Å²) in [6.45, 7) is 2.22. The highest BCUT2D eigenvalue weighted by Crippen LogP contribution is 2.13. The number of rotatable bonds is 2. The molecule has 52 valence electrons. The second-order valence-corrected chi connectivity index (χ2v) is 5.57. The highest BCUT2D eigenvalue weighted by molar-refractivity contribution is 14.2. The topological polar surface area (TPSA) is 26.3 Å². The monoisotopic (exact) mass is 352 g/mol. The lowest BCUT2D eigenvalue weighted by atomic mass is 10.6. The molecule has 0 saturated heterocycles. The molecule has 0 atom stereocenters. The van der Waals surface area contributed by atoms with Gasteiger partial charge in [-0.1, -0.05) is 0 Å². The first-order valence-corrected chi connectivity index (χ1v) is 4.52. The minimum Gasteiger partial charge on any atom is -0.463 e. The van der Waals surface area contributed by atoms with Crippen molar-refractivity contribution in [2.75, 3.05) is 6.61 Å². The molecule has 0 aromatic carbocycles. The first kappa shape index (κ1) is 9.67. The molecule has 0 heterocycles. The molecule has 0 aliphatic heterocycles. The standard InChI is InChI=1S/C5H6I2O2/c1-2-9-5(8)3-4(6)7/h3H,2H2,1H3. The number of hydrogen-bond donors (Lipinski definition) is 0. The van der Waals surface area contributed by atoms with E-state index in [2.05, 4.69) is 4.74 Å². The van der Waals surface area contributed by atoms with Gasteiger partial charge in [-0.05, 0) is 52.1 Å². The quantitative estimate of drug-likeness (QED) is 0.433. The highest BCUT2D eigenvalue weighted by Gasteiger charge is 1.94. The summed E-state index contributed by atoms with van der Waals surface area (Å²) in [7, 11) is 0. The van der Waals surface area contributed by atoms with Gasteiger partial charge in [0.2, 0.25) is 0 Å². The SMILES string of the molecule is CCOC(=O)C=C(I)I. The molecule has 0 N–H and O–H groups in total. The summed E-state index contributed by atoms with van der Waals surface area (Å²) in [6, 6.07) is 0. The predicted octanol–water partition coefficient (Wildman–Crippen LogP) is 2.26. The fraction of sp³-hybridized carbons (Fsp3) is 0.400. The number of hydrogen-bond acceptors (Lipinski definition) is 2. The lowest BCUT2D eigenvalue weighted by Crippen LogP contribution is -1.98. The average Bonchev–Trinajstić information content (AvgIpc) is 1.63. The molecular formula is C5H6I2O2. The molecule has 0 aromatic rings. The van der Waals surface area contributed by atoms with E-state index in [9.17, 15) is 4.79 Å². The van der Waals surface area contributed by atoms with E-state index in [0.717, 1.165) is 1.59 Å². The van der Waals surface area contributed by atoms with Crippen molar-refractivity contribution in [1.82, 2.24) is 0 Å². The van der Waals surface area contributed by atoms with Crippen LogP contribution < -0.4 is 0 Å². The molecule has 2 nitrogen and oxygen atoms in total. The molecule has 0 radical (unpaired) electrons. The Balaban J connectivity index is 3.63. The van der Waals surface area contributed by atoms with Gasteiger partial charge in [-0.15, -0.1) is 0 Å². The van der Waals surface area contributed by atoms with E-state index < -0.39 is 0 Å². The summed E-state index contributed by atoms with van der Waals surface area (Å²) < 4.78 is 5.53. The second-order valence-electron chi connectivity index (χ2n) is 1.19. The highest BCUT2D eigenvalue weighted by atomic mass is 127. The van der Waals surface area contributed by atoms with Gasteiger partial charge in [-0.2, -0.15) is 0 Å². The van der Waals surface area contributed by atoms with Gasteiger partial charge < -0.3 is 4.74 Å². The molecular weight excluding hydrogens is 346 g/mol. The Labute approximate surface area is 81.3 Å². The minimum absolute atomic E-state index is 0.267. The van der Waals surface area contributed by atoms with Crippen molar-refractivity contribution in [2.45, 2.75) is 6.92 Å². The van der Waals surface area contributed by atoms with Crippen molar-refractivity contribution < 1.29 is 9.53 Å². The lowest BCUT2D eigenvalue weighted by molar-refractivity contribution is -0.137. The zero-order valence-electron chi connectivity index (χ0n) is 4.86. The van der Waals surface area contributed by atoms with Gasteiger partial charge in [-0.3, -0.25) is 0 Å². The van der Waals surface area contributed by atoms with Crippen molar-refractivity contribution >= 4 is 51.2 Å². The van der Waals surface area contributed by atoms with Crippen LogP contribution in [0.1, 0.15) is 6.92 Å². The summed E-state index contributed by atoms with van der Waals surface area (Å²) in [5.41, 5.74) is 0. The largest absolute Gasteiger partial charge is 0.463 e. The molecule has 0 fully saturated rings. The normalized spacial score (nSPS) is 8.33. The van der Waals surface area contributed by atoms with Gasteiger partial charge in [0, 0.05) is 6.08 Å². The zero-order valence-corrected chi connectivity index (χ0v) is 9.17. The number of carbonyl (C=O) groups excluding carboxylic acids is 1. The van der Waals surface area contributed by atoms with Gasteiger partial charge in [0.1, 0.15) is 0 Å². The smallest absolute Gasteiger partial charge is 0.332 e. The molecule has 0 spiro atoms. The number of ether oxygens (including phenoxy) is 1. The van der Waals surface area contributed by atoms with Crippen LogP contribution in [0.5, 0.6) is 0 Å². The molecule has 0 aliphatic rings. The first-order valence-electron chi connectivity index (χ1n) is 2.36. The average molecular weight is 352 g/mol. The Kier molecular flexibility index (Phi) is 5.86. The van der Waals surface area contributed by atoms with Crippen LogP contribution in [0.25, 0.3) is 0 Å². The van der Waals surface area contributed by atoms with Crippen molar-refractivity contribution in [3.8, 4) is 0 Å². The number of carbonyl (C=O) groups is 1. The molecule has 0 aliphatic carbocycles. The fourth-order valence-corrected chi connectivity index (χ4v) is 0.782. The molecule has 9 heavy (non-hydrogen) atoms. The lowest BCUT2D eigenvalue weighted by Gasteiger charge is -1.93. The van der Waals surface area contributed by atoms with E-state index in [4.69, 9.17) is 0 Å². The third-order valence-corrected chi connectivity index (χ3v) is 1.14. The van der Waals surface area contributed by atoms with Crippen LogP contribution >= 0.6 is 45.2 Å². The molecule has 4 heteroatoms. The maximum absolute atomic E-state index is 10.5. The molecule has 0 bridgehead atoms. The summed E-state index contributed by atoms with van der Waals surface area (Å²) in [5, 5.41) is 0. The summed E-state index contributed by atoms with van der Waals surface area (Å²) >= 11 is 4.09. The van der Waals surface area contributed by atoms with Crippen LogP contribution in [0.3, 0.4) is 0 Å². The zero-order chi connectivity index (χ0) is 7.28. The Morgan fingerprint density at radius 3 is 2.56 bits per heavy atom. The van der Waals surface area contributed by atoms with Crippen LogP contribution in [0.2, 0.25) is 0 Å². The van der Waals surface area contributed by atoms with Gasteiger partial charge >= 0.3 is 5.97 Å². The summed E-state index contributed by atoms with van der Waals surface area (Å²) in [5.74, 6) is -0.267. The molecule has 0 rings (SSSR count). The maximum atomic E-state index is 10.5. The number of halogens is 2. The second kappa shape index (κ2) is 5.45. The van der Waals surface area contributed by atoms with Gasteiger partial charge in [0.15, 0.2) is 0 Å². The molecule has 0 aromatic heterocycles. The molecule has 0 saturated carbocycles. The van der Waals surface area contributed by atoms with E-state index >= 15 is 0 Å². The van der Waals surface area contributed by atoms with E-state index in [-0.39, 0.29) is 5.97 Å². The Bertz CT molecular complexity index is 127. The van der Waals surface area contributed by atoms with Crippen LogP contribution in [-0.2, 0) is 9.53 Å². The fourth-order valence-electron chi connectivity index (χ4n) is 0.273. The summed E-state index contributed by atoms with van der Waals surface area (Å²) in [4.78, 5) is 10.5. The third kappa shape index (κ3) is 6.56. The van der Waals surface area contributed by atoms with E-state index in [1.54, 1.807) is 6.92 Å². The Morgan fingerprint density at radius 1 is 1.67 bits per heavy atom. The summed E-state index contributed by atoms with van der Waals surface area (Å²) in [6.07, 6.45) is 1.45. The van der Waals surface area contributed by atoms with Crippen molar-refractivity contribution in [2.24, 2.45) is 0 Å². The molecule has 0 amide bonds. The van der Waals surface area contributed by atoms with Gasteiger partial charge in [-0.25, -0.2) is 4.79 Å². The predicted molar refractivity (Wildman–Crippen MR) is 52.8 cm³/mol. The number of esters is 1. The van der Waals surface area contributed by atoms with E-state index in [1.807, 2.05) is 45.2 Å². The van der Waals surface area contributed by atoms with E-state index in [1.165, 1.54) is 6.08 Å². The Hall–Kier alpha value is 0.670. The van der Waals surface area contributed by atoms with E-state index in [0.29, 0.717) is 6.61 Å². The third-order valence-electron chi connectivity index (χ3n) is 0.514.